The fourth-order valence-corrected chi connectivity index (χ4v) is 3.93. The predicted molar refractivity (Wildman–Crippen MR) is 113 cm³/mol. The van der Waals surface area contributed by atoms with E-state index in [0.717, 1.165) is 42.1 Å². The van der Waals surface area contributed by atoms with Crippen molar-refractivity contribution in [1.82, 2.24) is 15.1 Å². The molecule has 1 aliphatic rings. The van der Waals surface area contributed by atoms with Crippen LogP contribution >= 0.6 is 0 Å². The number of hydrogen-bond acceptors (Lipinski definition) is 3. The van der Waals surface area contributed by atoms with Gasteiger partial charge in [0.1, 0.15) is 5.75 Å². The van der Waals surface area contributed by atoms with Crippen LogP contribution in [0.25, 0.3) is 0 Å². The normalized spacial score (nSPS) is 12.6. The summed E-state index contributed by atoms with van der Waals surface area (Å²) in [4.78, 5) is 12.3. The van der Waals surface area contributed by atoms with Gasteiger partial charge in [-0.1, -0.05) is 36.4 Å². The van der Waals surface area contributed by atoms with Crippen LogP contribution in [0.1, 0.15) is 40.1 Å². The van der Waals surface area contributed by atoms with Crippen molar-refractivity contribution in [3.63, 3.8) is 0 Å². The second kappa shape index (κ2) is 8.52. The molecular weight excluding hydrogens is 362 g/mol. The summed E-state index contributed by atoms with van der Waals surface area (Å²) in [5.74, 6) is 0.643. The van der Waals surface area contributed by atoms with Gasteiger partial charge < -0.3 is 10.1 Å². The summed E-state index contributed by atoms with van der Waals surface area (Å²) in [7, 11) is 0. The average Bonchev–Trinajstić information content (AvgIpc) is 3.30. The van der Waals surface area contributed by atoms with E-state index in [9.17, 15) is 4.79 Å². The van der Waals surface area contributed by atoms with Gasteiger partial charge in [0.15, 0.2) is 6.61 Å². The monoisotopic (exact) mass is 389 g/mol. The molecule has 4 rings (SSSR count). The first-order valence-electron chi connectivity index (χ1n) is 10.2. The van der Waals surface area contributed by atoms with Gasteiger partial charge in [-0.05, 0) is 61.9 Å². The van der Waals surface area contributed by atoms with Crippen molar-refractivity contribution in [3.8, 4) is 5.75 Å². The summed E-state index contributed by atoms with van der Waals surface area (Å²) < 4.78 is 7.69. The Balaban J connectivity index is 1.32. The Kier molecular flexibility index (Phi) is 5.65. The van der Waals surface area contributed by atoms with E-state index < -0.39 is 0 Å². The molecule has 0 aliphatic heterocycles. The minimum atomic E-state index is -0.125. The number of fused-ring (bicyclic) bond motifs is 1. The first-order valence-corrected chi connectivity index (χ1v) is 10.2. The van der Waals surface area contributed by atoms with Crippen LogP contribution in [-0.4, -0.2) is 22.3 Å². The minimum Gasteiger partial charge on any atom is -0.484 e. The van der Waals surface area contributed by atoms with E-state index in [1.807, 2.05) is 42.8 Å². The Morgan fingerprint density at radius 3 is 2.72 bits per heavy atom. The standard InChI is InChI=1S/C24H27N3O2/c1-17-23(18(2)27(26-17)15-19-7-4-3-5-8-19)14-25-24(28)16-29-22-12-11-20-9-6-10-21(20)13-22/h3-5,7-8,11-13H,6,9-10,14-16H2,1-2H3,(H,25,28). The molecular formula is C24H27N3O2. The van der Waals surface area contributed by atoms with Crippen LogP contribution in [-0.2, 0) is 30.7 Å². The second-order valence-electron chi connectivity index (χ2n) is 7.64. The zero-order valence-electron chi connectivity index (χ0n) is 17.1. The van der Waals surface area contributed by atoms with Gasteiger partial charge in [-0.3, -0.25) is 9.48 Å². The van der Waals surface area contributed by atoms with Gasteiger partial charge >= 0.3 is 0 Å². The molecule has 0 atom stereocenters. The largest absolute Gasteiger partial charge is 0.484 e. The third kappa shape index (κ3) is 4.50. The van der Waals surface area contributed by atoms with Gasteiger partial charge in [-0.2, -0.15) is 5.10 Å². The molecule has 0 unspecified atom stereocenters. The maximum absolute atomic E-state index is 12.3. The van der Waals surface area contributed by atoms with Gasteiger partial charge in [0.2, 0.25) is 0 Å². The minimum absolute atomic E-state index is 0.0229. The summed E-state index contributed by atoms with van der Waals surface area (Å²) in [6, 6.07) is 16.4. The van der Waals surface area contributed by atoms with Gasteiger partial charge in [0, 0.05) is 17.8 Å². The predicted octanol–water partition coefficient (Wildman–Crippen LogP) is 3.73. The number of nitrogens with zero attached hydrogens (tertiary/aromatic N) is 2. The molecule has 0 saturated heterocycles. The highest BCUT2D eigenvalue weighted by Crippen LogP contribution is 2.26. The summed E-state index contributed by atoms with van der Waals surface area (Å²) in [6.45, 7) is 5.24. The summed E-state index contributed by atoms with van der Waals surface area (Å²) in [6.07, 6.45) is 3.45. The van der Waals surface area contributed by atoms with E-state index in [0.29, 0.717) is 6.54 Å². The van der Waals surface area contributed by atoms with Crippen molar-refractivity contribution < 1.29 is 9.53 Å². The van der Waals surface area contributed by atoms with Crippen molar-refractivity contribution in [2.45, 2.75) is 46.2 Å². The van der Waals surface area contributed by atoms with Gasteiger partial charge in [-0.25, -0.2) is 0 Å². The molecule has 29 heavy (non-hydrogen) atoms. The van der Waals surface area contributed by atoms with Crippen LogP contribution in [0.5, 0.6) is 5.75 Å². The zero-order valence-corrected chi connectivity index (χ0v) is 17.1. The van der Waals surface area contributed by atoms with Gasteiger partial charge in [0.05, 0.1) is 12.2 Å². The lowest BCUT2D eigenvalue weighted by atomic mass is 10.1. The lowest BCUT2D eigenvalue weighted by molar-refractivity contribution is -0.123. The number of benzene rings is 2. The highest BCUT2D eigenvalue weighted by atomic mass is 16.5. The van der Waals surface area contributed by atoms with E-state index in [-0.39, 0.29) is 12.5 Å². The average molecular weight is 389 g/mol. The molecule has 5 nitrogen and oxygen atoms in total. The molecule has 5 heteroatoms. The van der Waals surface area contributed by atoms with Crippen molar-refractivity contribution in [2.75, 3.05) is 6.61 Å². The third-order valence-electron chi connectivity index (χ3n) is 5.61. The maximum atomic E-state index is 12.3. The molecule has 1 aromatic heterocycles. The quantitative estimate of drug-likeness (QED) is 0.670. The number of amides is 1. The summed E-state index contributed by atoms with van der Waals surface area (Å²) in [5, 5.41) is 7.61. The summed E-state index contributed by atoms with van der Waals surface area (Å²) >= 11 is 0. The number of rotatable bonds is 7. The fourth-order valence-electron chi connectivity index (χ4n) is 3.93. The van der Waals surface area contributed by atoms with Gasteiger partial charge in [0.25, 0.3) is 5.91 Å². The van der Waals surface area contributed by atoms with Crippen LogP contribution in [0.2, 0.25) is 0 Å². The van der Waals surface area contributed by atoms with Crippen LogP contribution in [0, 0.1) is 13.8 Å². The van der Waals surface area contributed by atoms with E-state index in [1.165, 1.54) is 23.1 Å². The molecule has 150 valence electrons. The van der Waals surface area contributed by atoms with Crippen molar-refractivity contribution >= 4 is 5.91 Å². The SMILES string of the molecule is Cc1nn(Cc2ccccc2)c(C)c1CNC(=O)COc1ccc2c(c1)CCC2. The molecule has 0 saturated carbocycles. The number of ether oxygens (including phenoxy) is 1. The summed E-state index contributed by atoms with van der Waals surface area (Å²) in [5.41, 5.74) is 7.04. The van der Waals surface area contributed by atoms with E-state index in [1.54, 1.807) is 0 Å². The van der Waals surface area contributed by atoms with Crippen molar-refractivity contribution in [1.29, 1.82) is 0 Å². The molecule has 1 amide bonds. The Labute approximate surface area is 171 Å². The molecule has 1 heterocycles. The van der Waals surface area contributed by atoms with E-state index >= 15 is 0 Å². The van der Waals surface area contributed by atoms with Gasteiger partial charge in [-0.15, -0.1) is 0 Å². The molecule has 2 aromatic carbocycles. The number of carbonyl (C=O) groups excluding carboxylic acids is 1. The van der Waals surface area contributed by atoms with Crippen molar-refractivity contribution in [2.24, 2.45) is 0 Å². The van der Waals surface area contributed by atoms with E-state index in [2.05, 4.69) is 34.7 Å². The zero-order chi connectivity index (χ0) is 20.2. The Morgan fingerprint density at radius 1 is 1.10 bits per heavy atom. The Morgan fingerprint density at radius 2 is 1.90 bits per heavy atom. The molecule has 1 N–H and O–H groups in total. The van der Waals surface area contributed by atoms with Crippen LogP contribution in [0.15, 0.2) is 48.5 Å². The maximum Gasteiger partial charge on any atom is 0.258 e. The lowest BCUT2D eigenvalue weighted by Crippen LogP contribution is -2.28. The van der Waals surface area contributed by atoms with E-state index in [4.69, 9.17) is 4.74 Å². The van der Waals surface area contributed by atoms with Crippen LogP contribution < -0.4 is 10.1 Å². The number of aromatic nitrogens is 2. The van der Waals surface area contributed by atoms with Crippen LogP contribution in [0.3, 0.4) is 0 Å². The number of nitrogens with one attached hydrogen (secondary N) is 1. The van der Waals surface area contributed by atoms with Crippen molar-refractivity contribution in [3.05, 3.63) is 82.2 Å². The molecule has 0 spiro atoms. The molecule has 3 aromatic rings. The third-order valence-corrected chi connectivity index (χ3v) is 5.61. The molecule has 0 bridgehead atoms. The smallest absolute Gasteiger partial charge is 0.258 e. The molecule has 1 aliphatic carbocycles. The lowest BCUT2D eigenvalue weighted by Gasteiger charge is -2.10. The highest BCUT2D eigenvalue weighted by Gasteiger charge is 2.14. The fraction of sp³-hybridized carbons (Fsp3) is 0.333. The number of hydrogen-bond donors (Lipinski definition) is 1. The first kappa shape index (κ1) is 19.2. The second-order valence-corrected chi connectivity index (χ2v) is 7.64. The number of carbonyl (C=O) groups is 1. The Bertz CT molecular complexity index is 1010. The highest BCUT2D eigenvalue weighted by molar-refractivity contribution is 5.77. The molecule has 0 fully saturated rings. The topological polar surface area (TPSA) is 56.2 Å². The Hall–Kier alpha value is -3.08. The first-order chi connectivity index (χ1) is 14.1. The molecule has 0 radical (unpaired) electrons. The number of aryl methyl sites for hydroxylation is 3. The van der Waals surface area contributed by atoms with Crippen LogP contribution in [0.4, 0.5) is 0 Å².